The van der Waals surface area contributed by atoms with Crippen LogP contribution in [0.2, 0.25) is 15.2 Å². The first kappa shape index (κ1) is 13.9. The Morgan fingerprint density at radius 1 is 1.16 bits per heavy atom. The Labute approximate surface area is 124 Å². The number of halogens is 3. The van der Waals surface area contributed by atoms with E-state index in [2.05, 4.69) is 10.3 Å². The summed E-state index contributed by atoms with van der Waals surface area (Å²) in [6.45, 7) is 0. The quantitative estimate of drug-likeness (QED) is 0.826. The van der Waals surface area contributed by atoms with Gasteiger partial charge in [0, 0.05) is 10.6 Å². The molecular formula is C12H8Cl3N3O. The predicted octanol–water partition coefficient (Wildman–Crippen LogP) is 3.88. The van der Waals surface area contributed by atoms with Gasteiger partial charge >= 0.3 is 0 Å². The van der Waals surface area contributed by atoms with Crippen LogP contribution in [-0.2, 0) is 0 Å². The minimum Gasteiger partial charge on any atom is -0.384 e. The molecule has 4 nitrogen and oxygen atoms in total. The van der Waals surface area contributed by atoms with Crippen molar-refractivity contribution in [3.8, 4) is 0 Å². The van der Waals surface area contributed by atoms with Gasteiger partial charge in [0.15, 0.2) is 0 Å². The number of nitrogens with zero attached hydrogens (tertiary/aromatic N) is 1. The summed E-state index contributed by atoms with van der Waals surface area (Å²) >= 11 is 17.5. The van der Waals surface area contributed by atoms with Crippen molar-refractivity contribution < 1.29 is 4.79 Å². The fourth-order valence-corrected chi connectivity index (χ4v) is 2.10. The molecule has 0 atom stereocenters. The molecule has 98 valence electrons. The highest BCUT2D eigenvalue weighted by atomic mass is 35.5. The monoisotopic (exact) mass is 315 g/mol. The summed E-state index contributed by atoms with van der Waals surface area (Å²) in [7, 11) is 0. The molecule has 0 aliphatic rings. The van der Waals surface area contributed by atoms with E-state index < -0.39 is 0 Å². The number of rotatable bonds is 2. The minimum atomic E-state index is -0.389. The lowest BCUT2D eigenvalue weighted by atomic mass is 10.2. The van der Waals surface area contributed by atoms with Gasteiger partial charge in [-0.2, -0.15) is 0 Å². The molecule has 0 saturated heterocycles. The molecule has 0 fully saturated rings. The molecule has 1 aromatic carbocycles. The van der Waals surface area contributed by atoms with Crippen molar-refractivity contribution in [2.75, 3.05) is 11.1 Å². The molecule has 1 heterocycles. The fourth-order valence-electron chi connectivity index (χ4n) is 1.43. The number of nitrogen functional groups attached to an aromatic ring is 1. The van der Waals surface area contributed by atoms with Crippen LogP contribution in [-0.4, -0.2) is 10.9 Å². The lowest BCUT2D eigenvalue weighted by Gasteiger charge is -2.08. The largest absolute Gasteiger partial charge is 0.384 e. The number of hydrogen-bond donors (Lipinski definition) is 2. The van der Waals surface area contributed by atoms with Gasteiger partial charge < -0.3 is 11.1 Å². The second-order valence-electron chi connectivity index (χ2n) is 3.68. The van der Waals surface area contributed by atoms with Crippen LogP contribution in [0, 0.1) is 0 Å². The summed E-state index contributed by atoms with van der Waals surface area (Å²) in [6.07, 6.45) is 0. The summed E-state index contributed by atoms with van der Waals surface area (Å²) in [6, 6.07) is 7.60. The highest BCUT2D eigenvalue weighted by Gasteiger charge is 2.10. The van der Waals surface area contributed by atoms with Crippen LogP contribution in [0.3, 0.4) is 0 Å². The van der Waals surface area contributed by atoms with Gasteiger partial charge in [0.25, 0.3) is 5.91 Å². The second-order valence-corrected chi connectivity index (χ2v) is 4.91. The predicted molar refractivity (Wildman–Crippen MR) is 78.1 cm³/mol. The average molecular weight is 317 g/mol. The van der Waals surface area contributed by atoms with E-state index in [0.29, 0.717) is 21.3 Å². The van der Waals surface area contributed by atoms with Gasteiger partial charge in [0.05, 0.1) is 10.7 Å². The Hall–Kier alpha value is -1.49. The summed E-state index contributed by atoms with van der Waals surface area (Å²) in [5, 5.41) is 3.61. The number of pyridine rings is 1. The summed E-state index contributed by atoms with van der Waals surface area (Å²) < 4.78 is 0. The van der Waals surface area contributed by atoms with Gasteiger partial charge in [0.1, 0.15) is 11.0 Å². The molecular weight excluding hydrogens is 309 g/mol. The number of amides is 1. The molecule has 3 N–H and O–H groups in total. The van der Waals surface area contributed by atoms with E-state index in [1.807, 2.05) is 0 Å². The molecule has 0 radical (unpaired) electrons. The highest BCUT2D eigenvalue weighted by Crippen LogP contribution is 2.26. The van der Waals surface area contributed by atoms with Gasteiger partial charge in [0.2, 0.25) is 0 Å². The maximum atomic E-state index is 12.0. The minimum absolute atomic E-state index is 0.146. The Morgan fingerprint density at radius 3 is 2.53 bits per heavy atom. The van der Waals surface area contributed by atoms with Crippen molar-refractivity contribution in [2.24, 2.45) is 0 Å². The lowest BCUT2D eigenvalue weighted by molar-refractivity contribution is 0.102. The highest BCUT2D eigenvalue weighted by molar-refractivity contribution is 6.37. The van der Waals surface area contributed by atoms with Gasteiger partial charge in [-0.05, 0) is 30.3 Å². The SMILES string of the molecule is Nc1cc(C(=O)Nc2ccc(Cl)cc2Cl)cc(Cl)n1. The molecule has 19 heavy (non-hydrogen) atoms. The van der Waals surface area contributed by atoms with Gasteiger partial charge in [-0.3, -0.25) is 4.79 Å². The van der Waals surface area contributed by atoms with Crippen LogP contribution in [0.15, 0.2) is 30.3 Å². The van der Waals surface area contributed by atoms with E-state index in [-0.39, 0.29) is 16.9 Å². The molecule has 0 unspecified atom stereocenters. The Kier molecular flexibility index (Phi) is 4.14. The maximum absolute atomic E-state index is 12.0. The van der Waals surface area contributed by atoms with Gasteiger partial charge in [-0.1, -0.05) is 34.8 Å². The third kappa shape index (κ3) is 3.50. The molecule has 1 aromatic heterocycles. The lowest BCUT2D eigenvalue weighted by Crippen LogP contribution is -2.13. The number of carbonyl (C=O) groups is 1. The third-order valence-electron chi connectivity index (χ3n) is 2.26. The number of aromatic nitrogens is 1. The molecule has 2 aromatic rings. The van der Waals surface area contributed by atoms with Crippen molar-refractivity contribution in [1.82, 2.24) is 4.98 Å². The van der Waals surface area contributed by atoms with E-state index >= 15 is 0 Å². The molecule has 0 aliphatic heterocycles. The summed E-state index contributed by atoms with van der Waals surface area (Å²) in [5.41, 5.74) is 6.26. The molecule has 1 amide bonds. The van der Waals surface area contributed by atoms with E-state index in [0.717, 1.165) is 0 Å². The van der Waals surface area contributed by atoms with E-state index in [1.54, 1.807) is 12.1 Å². The zero-order valence-corrected chi connectivity index (χ0v) is 11.7. The van der Waals surface area contributed by atoms with E-state index in [1.165, 1.54) is 18.2 Å². The standard InChI is InChI=1S/C12H8Cl3N3O/c13-7-1-2-9(8(14)5-7)17-12(19)6-3-10(15)18-11(16)4-6/h1-5H,(H2,16,18)(H,17,19). The molecule has 2 rings (SSSR count). The van der Waals surface area contributed by atoms with Crippen LogP contribution in [0.4, 0.5) is 11.5 Å². The van der Waals surface area contributed by atoms with Crippen molar-refractivity contribution in [2.45, 2.75) is 0 Å². The maximum Gasteiger partial charge on any atom is 0.255 e. The first-order valence-electron chi connectivity index (χ1n) is 5.15. The second kappa shape index (κ2) is 5.65. The van der Waals surface area contributed by atoms with Crippen LogP contribution in [0.1, 0.15) is 10.4 Å². The Balaban J connectivity index is 2.25. The molecule has 7 heteroatoms. The van der Waals surface area contributed by atoms with Crippen molar-refractivity contribution in [3.63, 3.8) is 0 Å². The van der Waals surface area contributed by atoms with Crippen LogP contribution >= 0.6 is 34.8 Å². The number of benzene rings is 1. The zero-order valence-electron chi connectivity index (χ0n) is 9.45. The summed E-state index contributed by atoms with van der Waals surface area (Å²) in [4.78, 5) is 15.8. The number of hydrogen-bond acceptors (Lipinski definition) is 3. The van der Waals surface area contributed by atoms with Crippen molar-refractivity contribution >= 4 is 52.2 Å². The number of carbonyl (C=O) groups excluding carboxylic acids is 1. The molecule has 0 spiro atoms. The average Bonchev–Trinajstić information content (AvgIpc) is 2.31. The van der Waals surface area contributed by atoms with Crippen LogP contribution in [0.5, 0.6) is 0 Å². The number of anilines is 2. The van der Waals surface area contributed by atoms with Gasteiger partial charge in [-0.25, -0.2) is 4.98 Å². The first-order valence-corrected chi connectivity index (χ1v) is 6.28. The van der Waals surface area contributed by atoms with Crippen molar-refractivity contribution in [3.05, 3.63) is 51.1 Å². The van der Waals surface area contributed by atoms with E-state index in [9.17, 15) is 4.79 Å². The van der Waals surface area contributed by atoms with Crippen LogP contribution < -0.4 is 11.1 Å². The molecule has 0 aliphatic carbocycles. The number of nitrogens with one attached hydrogen (secondary N) is 1. The van der Waals surface area contributed by atoms with Crippen molar-refractivity contribution in [1.29, 1.82) is 0 Å². The van der Waals surface area contributed by atoms with Gasteiger partial charge in [-0.15, -0.1) is 0 Å². The zero-order chi connectivity index (χ0) is 14.0. The number of nitrogens with two attached hydrogens (primary N) is 1. The van der Waals surface area contributed by atoms with E-state index in [4.69, 9.17) is 40.5 Å². The normalized spacial score (nSPS) is 10.3. The Morgan fingerprint density at radius 2 is 1.89 bits per heavy atom. The first-order chi connectivity index (χ1) is 8.95. The Bertz CT molecular complexity index is 626. The third-order valence-corrected chi connectivity index (χ3v) is 3.00. The summed E-state index contributed by atoms with van der Waals surface area (Å²) in [5.74, 6) is -0.222. The molecule has 0 saturated carbocycles. The molecule has 0 bridgehead atoms. The smallest absolute Gasteiger partial charge is 0.255 e. The fraction of sp³-hybridized carbons (Fsp3) is 0. The topological polar surface area (TPSA) is 68.0 Å². The van der Waals surface area contributed by atoms with Crippen LogP contribution in [0.25, 0.3) is 0 Å².